The predicted octanol–water partition coefficient (Wildman–Crippen LogP) is 3.37. The van der Waals surface area contributed by atoms with Gasteiger partial charge in [-0.25, -0.2) is 0 Å². The summed E-state index contributed by atoms with van der Waals surface area (Å²) < 4.78 is 5.77. The van der Waals surface area contributed by atoms with Crippen molar-refractivity contribution in [3.05, 3.63) is 0 Å². The minimum atomic E-state index is 0.341. The first-order chi connectivity index (χ1) is 5.59. The summed E-state index contributed by atoms with van der Waals surface area (Å²) in [6, 6.07) is 0. The first-order valence-electron chi connectivity index (χ1n) is 4.84. The third kappa shape index (κ3) is 2.02. The Balaban J connectivity index is 2.19. The summed E-state index contributed by atoms with van der Waals surface area (Å²) in [6.07, 6.45) is 4.08. The zero-order chi connectivity index (χ0) is 9.19. The molecule has 0 bridgehead atoms. The van der Waals surface area contributed by atoms with Crippen molar-refractivity contribution in [1.29, 1.82) is 0 Å². The van der Waals surface area contributed by atoms with Gasteiger partial charge in [-0.15, -0.1) is 0 Å². The first-order valence-corrected chi connectivity index (χ1v) is 5.76. The van der Waals surface area contributed by atoms with E-state index in [1.165, 1.54) is 19.3 Å². The van der Waals surface area contributed by atoms with Crippen molar-refractivity contribution in [2.24, 2.45) is 5.41 Å². The smallest absolute Gasteiger partial charge is 0.0647 e. The molecule has 0 heterocycles. The molecule has 1 fully saturated rings. The Morgan fingerprint density at radius 3 is 2.58 bits per heavy atom. The Morgan fingerprint density at radius 1 is 1.50 bits per heavy atom. The average Bonchev–Trinajstić information content (AvgIpc) is 2.04. The largest absolute Gasteiger partial charge is 0.378 e. The molecule has 0 aromatic carbocycles. The van der Waals surface area contributed by atoms with Gasteiger partial charge in [-0.2, -0.15) is 0 Å². The molecule has 0 aliphatic heterocycles. The fraction of sp³-hybridized carbons (Fsp3) is 1.00. The normalized spacial score (nSPS) is 33.0. The zero-order valence-corrected chi connectivity index (χ0v) is 9.86. The van der Waals surface area contributed by atoms with Gasteiger partial charge in [0.1, 0.15) is 0 Å². The molecule has 0 amide bonds. The molecule has 2 heteroatoms. The molecule has 2 atom stereocenters. The van der Waals surface area contributed by atoms with Crippen LogP contribution in [0, 0.1) is 5.41 Å². The third-order valence-electron chi connectivity index (χ3n) is 2.88. The number of rotatable bonds is 4. The minimum absolute atomic E-state index is 0.341. The van der Waals surface area contributed by atoms with Crippen LogP contribution in [0.4, 0.5) is 0 Å². The molecule has 1 aliphatic rings. The lowest BCUT2D eigenvalue weighted by molar-refractivity contribution is -0.0854. The number of hydrogen-bond donors (Lipinski definition) is 0. The van der Waals surface area contributed by atoms with E-state index in [2.05, 4.69) is 36.7 Å². The van der Waals surface area contributed by atoms with E-state index in [9.17, 15) is 0 Å². The Morgan fingerprint density at radius 2 is 2.17 bits per heavy atom. The molecular weight excluding hydrogens is 216 g/mol. The van der Waals surface area contributed by atoms with Crippen molar-refractivity contribution in [2.45, 2.75) is 51.0 Å². The van der Waals surface area contributed by atoms with Crippen molar-refractivity contribution in [1.82, 2.24) is 0 Å². The summed E-state index contributed by atoms with van der Waals surface area (Å²) in [4.78, 5) is 0.650. The molecule has 1 nitrogen and oxygen atoms in total. The fourth-order valence-electron chi connectivity index (χ4n) is 1.49. The lowest BCUT2D eigenvalue weighted by Crippen LogP contribution is -2.51. The van der Waals surface area contributed by atoms with Gasteiger partial charge in [-0.1, -0.05) is 43.1 Å². The molecule has 0 saturated heterocycles. The van der Waals surface area contributed by atoms with Crippen LogP contribution in [0.1, 0.15) is 40.0 Å². The van der Waals surface area contributed by atoms with E-state index in [0.717, 1.165) is 6.61 Å². The highest BCUT2D eigenvalue weighted by atomic mass is 79.9. The maximum Gasteiger partial charge on any atom is 0.0647 e. The van der Waals surface area contributed by atoms with Gasteiger partial charge in [-0.05, 0) is 12.8 Å². The van der Waals surface area contributed by atoms with Crippen molar-refractivity contribution >= 4 is 15.9 Å². The molecule has 0 spiro atoms. The van der Waals surface area contributed by atoms with Crippen molar-refractivity contribution in [3.8, 4) is 0 Å². The van der Waals surface area contributed by atoms with Crippen molar-refractivity contribution in [3.63, 3.8) is 0 Å². The quantitative estimate of drug-likeness (QED) is 0.536. The summed E-state index contributed by atoms with van der Waals surface area (Å²) in [5, 5.41) is 0. The van der Waals surface area contributed by atoms with E-state index in [4.69, 9.17) is 4.74 Å². The summed E-state index contributed by atoms with van der Waals surface area (Å²) in [5.74, 6) is 0. The van der Waals surface area contributed by atoms with E-state index in [1.807, 2.05) is 0 Å². The second-order valence-electron chi connectivity index (χ2n) is 4.24. The van der Waals surface area contributed by atoms with Gasteiger partial charge < -0.3 is 4.74 Å². The van der Waals surface area contributed by atoms with Crippen LogP contribution in [0.25, 0.3) is 0 Å². The van der Waals surface area contributed by atoms with Crippen LogP contribution >= 0.6 is 15.9 Å². The minimum Gasteiger partial charge on any atom is -0.378 e. The van der Waals surface area contributed by atoms with Gasteiger partial charge in [0.15, 0.2) is 0 Å². The predicted molar refractivity (Wildman–Crippen MR) is 55.8 cm³/mol. The van der Waals surface area contributed by atoms with Crippen molar-refractivity contribution < 1.29 is 4.74 Å². The Hall–Kier alpha value is 0.440. The maximum atomic E-state index is 5.77. The van der Waals surface area contributed by atoms with Gasteiger partial charge in [0.25, 0.3) is 0 Å². The molecule has 72 valence electrons. The summed E-state index contributed by atoms with van der Waals surface area (Å²) in [6.45, 7) is 7.67. The zero-order valence-electron chi connectivity index (χ0n) is 8.27. The fourth-order valence-corrected chi connectivity index (χ4v) is 2.12. The number of unbranched alkanes of at least 4 members (excludes halogenated alkanes) is 1. The van der Waals surface area contributed by atoms with Crippen molar-refractivity contribution in [2.75, 3.05) is 6.61 Å². The lowest BCUT2D eigenvalue weighted by Gasteiger charge is -2.48. The highest BCUT2D eigenvalue weighted by Crippen LogP contribution is 2.47. The van der Waals surface area contributed by atoms with Gasteiger partial charge in [0.05, 0.1) is 6.10 Å². The Labute approximate surface area is 84.0 Å². The molecule has 2 unspecified atom stereocenters. The van der Waals surface area contributed by atoms with E-state index in [1.54, 1.807) is 0 Å². The van der Waals surface area contributed by atoms with Crippen LogP contribution < -0.4 is 0 Å². The molecule has 0 N–H and O–H groups in total. The summed E-state index contributed by atoms with van der Waals surface area (Å²) in [7, 11) is 0. The van der Waals surface area contributed by atoms with E-state index < -0.39 is 0 Å². The Bertz CT molecular complexity index is 145. The number of ether oxygens (including phenoxy) is 1. The second kappa shape index (κ2) is 4.10. The van der Waals surface area contributed by atoms with Crippen LogP contribution in [-0.2, 0) is 4.74 Å². The van der Waals surface area contributed by atoms with E-state index >= 15 is 0 Å². The monoisotopic (exact) mass is 234 g/mol. The van der Waals surface area contributed by atoms with E-state index in [0.29, 0.717) is 16.3 Å². The molecule has 1 saturated carbocycles. The highest BCUT2D eigenvalue weighted by Gasteiger charge is 2.47. The second-order valence-corrected chi connectivity index (χ2v) is 5.34. The highest BCUT2D eigenvalue weighted by molar-refractivity contribution is 9.09. The number of hydrogen-bond acceptors (Lipinski definition) is 1. The maximum absolute atomic E-state index is 5.77. The lowest BCUT2D eigenvalue weighted by atomic mass is 9.69. The van der Waals surface area contributed by atoms with Crippen LogP contribution in [0.3, 0.4) is 0 Å². The van der Waals surface area contributed by atoms with E-state index in [-0.39, 0.29) is 0 Å². The van der Waals surface area contributed by atoms with Crippen LogP contribution in [0.5, 0.6) is 0 Å². The first kappa shape index (κ1) is 10.5. The van der Waals surface area contributed by atoms with Crippen LogP contribution in [0.15, 0.2) is 0 Å². The number of alkyl halides is 1. The van der Waals surface area contributed by atoms with Crippen LogP contribution in [0.2, 0.25) is 0 Å². The summed E-state index contributed by atoms with van der Waals surface area (Å²) >= 11 is 3.65. The van der Waals surface area contributed by atoms with Gasteiger partial charge in [0, 0.05) is 16.8 Å². The topological polar surface area (TPSA) is 9.23 Å². The molecule has 0 aromatic rings. The van der Waals surface area contributed by atoms with Gasteiger partial charge in [-0.3, -0.25) is 0 Å². The SMILES string of the molecule is CCCCOC1CC(Br)C1(C)C. The van der Waals surface area contributed by atoms with Gasteiger partial charge >= 0.3 is 0 Å². The Kier molecular flexibility index (Phi) is 3.59. The van der Waals surface area contributed by atoms with Gasteiger partial charge in [0.2, 0.25) is 0 Å². The molecule has 12 heavy (non-hydrogen) atoms. The molecule has 0 radical (unpaired) electrons. The standard InChI is InChI=1S/C10H19BrO/c1-4-5-6-12-9-7-8(11)10(9,2)3/h8-9H,4-7H2,1-3H3. The molecule has 0 aromatic heterocycles. The molecular formula is C10H19BrO. The number of halogens is 1. The third-order valence-corrected chi connectivity index (χ3v) is 4.43. The summed E-state index contributed by atoms with van der Waals surface area (Å²) in [5.41, 5.74) is 0.341. The molecule has 1 rings (SSSR count). The van der Waals surface area contributed by atoms with Crippen LogP contribution in [-0.4, -0.2) is 17.5 Å². The molecule has 1 aliphatic carbocycles. The average molecular weight is 235 g/mol.